The van der Waals surface area contributed by atoms with Gasteiger partial charge in [-0.05, 0) is 38.9 Å². The van der Waals surface area contributed by atoms with Crippen molar-refractivity contribution in [2.45, 2.75) is 45.2 Å². The molecule has 1 heterocycles. The van der Waals surface area contributed by atoms with Gasteiger partial charge in [-0.15, -0.1) is 0 Å². The van der Waals surface area contributed by atoms with Crippen molar-refractivity contribution in [3.63, 3.8) is 0 Å². The summed E-state index contributed by atoms with van der Waals surface area (Å²) in [7, 11) is 0. The largest absolute Gasteiger partial charge is 0.395 e. The van der Waals surface area contributed by atoms with E-state index >= 15 is 0 Å². The van der Waals surface area contributed by atoms with Crippen LogP contribution in [0.3, 0.4) is 0 Å². The minimum Gasteiger partial charge on any atom is -0.395 e. The summed E-state index contributed by atoms with van der Waals surface area (Å²) in [5, 5.41) is 12.5. The predicted molar refractivity (Wildman–Crippen MR) is 59.4 cm³/mol. The molecule has 1 aliphatic heterocycles. The number of hydrogen-bond donors (Lipinski definition) is 2. The topological polar surface area (TPSA) is 35.5 Å². The quantitative estimate of drug-likeness (QED) is 0.667. The number of aliphatic hydroxyl groups excluding tert-OH is 1. The first kappa shape index (κ1) is 12.0. The number of likely N-dealkylation sites (tertiary alicyclic amines) is 1. The molecule has 1 unspecified atom stereocenters. The summed E-state index contributed by atoms with van der Waals surface area (Å²) in [6.07, 6.45) is 3.76. The molecular weight excluding hydrogens is 176 g/mol. The SMILES string of the molecule is CC(C)NC(CO)CCN1CCCC1. The number of nitrogens with one attached hydrogen (secondary N) is 1. The minimum absolute atomic E-state index is 0.256. The highest BCUT2D eigenvalue weighted by atomic mass is 16.3. The van der Waals surface area contributed by atoms with E-state index in [0.717, 1.165) is 13.0 Å². The monoisotopic (exact) mass is 200 g/mol. The van der Waals surface area contributed by atoms with Crippen LogP contribution in [0.2, 0.25) is 0 Å². The van der Waals surface area contributed by atoms with Crippen molar-refractivity contribution in [1.29, 1.82) is 0 Å². The van der Waals surface area contributed by atoms with Gasteiger partial charge in [-0.1, -0.05) is 13.8 Å². The normalized spacial score (nSPS) is 20.6. The summed E-state index contributed by atoms with van der Waals surface area (Å²) < 4.78 is 0. The molecule has 0 amide bonds. The summed E-state index contributed by atoms with van der Waals surface area (Å²) in [6.45, 7) is 8.13. The first-order valence-corrected chi connectivity index (χ1v) is 5.81. The van der Waals surface area contributed by atoms with E-state index < -0.39 is 0 Å². The van der Waals surface area contributed by atoms with E-state index in [0.29, 0.717) is 6.04 Å². The zero-order chi connectivity index (χ0) is 10.4. The number of hydrogen-bond acceptors (Lipinski definition) is 3. The van der Waals surface area contributed by atoms with E-state index in [1.807, 2.05) is 0 Å². The van der Waals surface area contributed by atoms with Crippen LogP contribution in [0.25, 0.3) is 0 Å². The second kappa shape index (κ2) is 6.38. The molecule has 0 radical (unpaired) electrons. The van der Waals surface area contributed by atoms with Crippen molar-refractivity contribution >= 4 is 0 Å². The van der Waals surface area contributed by atoms with E-state index in [-0.39, 0.29) is 12.6 Å². The fourth-order valence-corrected chi connectivity index (χ4v) is 2.04. The maximum atomic E-state index is 9.17. The Kier molecular flexibility index (Phi) is 5.45. The van der Waals surface area contributed by atoms with Crippen LogP contribution in [-0.2, 0) is 0 Å². The average Bonchev–Trinajstić information content (AvgIpc) is 2.64. The summed E-state index contributed by atoms with van der Waals surface area (Å²) in [5.41, 5.74) is 0. The lowest BCUT2D eigenvalue weighted by Crippen LogP contribution is -2.39. The van der Waals surface area contributed by atoms with Gasteiger partial charge in [0, 0.05) is 12.1 Å². The Morgan fingerprint density at radius 1 is 1.29 bits per heavy atom. The molecule has 1 fully saturated rings. The Hall–Kier alpha value is -0.120. The summed E-state index contributed by atoms with van der Waals surface area (Å²) in [6, 6.07) is 0.737. The molecule has 3 heteroatoms. The molecule has 0 aromatic carbocycles. The predicted octanol–water partition coefficient (Wildman–Crippen LogP) is 0.831. The maximum Gasteiger partial charge on any atom is 0.0585 e. The number of aliphatic hydroxyl groups is 1. The van der Waals surface area contributed by atoms with Crippen LogP contribution in [-0.4, -0.2) is 48.3 Å². The van der Waals surface area contributed by atoms with Crippen molar-refractivity contribution < 1.29 is 5.11 Å². The van der Waals surface area contributed by atoms with E-state index in [4.69, 9.17) is 5.11 Å². The first-order chi connectivity index (χ1) is 6.72. The molecule has 0 spiro atoms. The molecule has 0 aromatic heterocycles. The highest BCUT2D eigenvalue weighted by molar-refractivity contribution is 4.73. The highest BCUT2D eigenvalue weighted by Gasteiger charge is 2.14. The second-order valence-corrected chi connectivity index (χ2v) is 4.54. The van der Waals surface area contributed by atoms with Gasteiger partial charge in [-0.25, -0.2) is 0 Å². The third-order valence-corrected chi connectivity index (χ3v) is 2.78. The van der Waals surface area contributed by atoms with Crippen molar-refractivity contribution in [3.05, 3.63) is 0 Å². The summed E-state index contributed by atoms with van der Waals surface area (Å²) in [5.74, 6) is 0. The average molecular weight is 200 g/mol. The molecule has 84 valence electrons. The molecule has 14 heavy (non-hydrogen) atoms. The van der Waals surface area contributed by atoms with Crippen LogP contribution in [0.4, 0.5) is 0 Å². The lowest BCUT2D eigenvalue weighted by molar-refractivity contribution is 0.211. The zero-order valence-corrected chi connectivity index (χ0v) is 9.50. The Morgan fingerprint density at radius 2 is 1.93 bits per heavy atom. The molecule has 0 aliphatic carbocycles. The molecule has 1 atom stereocenters. The molecule has 0 aromatic rings. The summed E-state index contributed by atoms with van der Waals surface area (Å²) in [4.78, 5) is 2.49. The third-order valence-electron chi connectivity index (χ3n) is 2.78. The molecule has 0 saturated carbocycles. The van der Waals surface area contributed by atoms with Gasteiger partial charge in [0.1, 0.15) is 0 Å². The second-order valence-electron chi connectivity index (χ2n) is 4.54. The highest BCUT2D eigenvalue weighted by Crippen LogP contribution is 2.08. The fourth-order valence-electron chi connectivity index (χ4n) is 2.04. The van der Waals surface area contributed by atoms with Gasteiger partial charge in [-0.3, -0.25) is 0 Å². The number of rotatable bonds is 6. The lowest BCUT2D eigenvalue weighted by atomic mass is 10.2. The van der Waals surface area contributed by atoms with Gasteiger partial charge in [0.2, 0.25) is 0 Å². The van der Waals surface area contributed by atoms with E-state index in [1.54, 1.807) is 0 Å². The van der Waals surface area contributed by atoms with Gasteiger partial charge < -0.3 is 15.3 Å². The van der Waals surface area contributed by atoms with Crippen LogP contribution < -0.4 is 5.32 Å². The van der Waals surface area contributed by atoms with Crippen LogP contribution in [0.15, 0.2) is 0 Å². The van der Waals surface area contributed by atoms with E-state index in [9.17, 15) is 0 Å². The molecule has 1 saturated heterocycles. The standard InChI is InChI=1S/C11H24N2O/c1-10(2)12-11(9-14)5-8-13-6-3-4-7-13/h10-12,14H,3-9H2,1-2H3. The molecule has 3 nitrogen and oxygen atoms in total. The molecule has 1 aliphatic rings. The smallest absolute Gasteiger partial charge is 0.0585 e. The van der Waals surface area contributed by atoms with Crippen LogP contribution in [0.5, 0.6) is 0 Å². The van der Waals surface area contributed by atoms with Crippen molar-refractivity contribution in [2.24, 2.45) is 0 Å². The van der Waals surface area contributed by atoms with Crippen molar-refractivity contribution in [2.75, 3.05) is 26.2 Å². The van der Waals surface area contributed by atoms with Crippen LogP contribution >= 0.6 is 0 Å². The van der Waals surface area contributed by atoms with Gasteiger partial charge in [-0.2, -0.15) is 0 Å². The molecule has 1 rings (SSSR count). The summed E-state index contributed by atoms with van der Waals surface area (Å²) >= 11 is 0. The lowest BCUT2D eigenvalue weighted by Gasteiger charge is -2.22. The maximum absolute atomic E-state index is 9.17. The Labute approximate surface area is 87.5 Å². The Morgan fingerprint density at radius 3 is 2.43 bits per heavy atom. The van der Waals surface area contributed by atoms with Crippen molar-refractivity contribution in [1.82, 2.24) is 10.2 Å². The Balaban J connectivity index is 2.12. The van der Waals surface area contributed by atoms with Crippen LogP contribution in [0.1, 0.15) is 33.1 Å². The molecule has 0 bridgehead atoms. The Bertz CT molecular complexity index is 144. The zero-order valence-electron chi connectivity index (χ0n) is 9.50. The van der Waals surface area contributed by atoms with E-state index in [2.05, 4.69) is 24.1 Å². The first-order valence-electron chi connectivity index (χ1n) is 5.81. The van der Waals surface area contributed by atoms with Gasteiger partial charge in [0.25, 0.3) is 0 Å². The fraction of sp³-hybridized carbons (Fsp3) is 1.00. The van der Waals surface area contributed by atoms with Gasteiger partial charge in [0.15, 0.2) is 0 Å². The minimum atomic E-state index is 0.256. The van der Waals surface area contributed by atoms with Gasteiger partial charge in [0.05, 0.1) is 6.61 Å². The van der Waals surface area contributed by atoms with Crippen LogP contribution in [0, 0.1) is 0 Å². The third kappa shape index (κ3) is 4.40. The molecular formula is C11H24N2O. The molecule has 2 N–H and O–H groups in total. The number of nitrogens with zero attached hydrogens (tertiary/aromatic N) is 1. The van der Waals surface area contributed by atoms with E-state index in [1.165, 1.54) is 25.9 Å². The van der Waals surface area contributed by atoms with Gasteiger partial charge >= 0.3 is 0 Å². The van der Waals surface area contributed by atoms with Crippen molar-refractivity contribution in [3.8, 4) is 0 Å².